The van der Waals surface area contributed by atoms with E-state index in [0.29, 0.717) is 31.6 Å². The number of aliphatic hydroxyl groups excluding tert-OH is 1. The standard InChI is InChI=1S/C27H34ClN3O4/c1-26(16-34-15-23(26)32)31-7-3-17(4-8-31)21-9-18-11-24(29-13-19(18)10-22(21)28)30-25(33)20-12-27(35-14-20)5-2-6-27/h9-11,13,17,20,23,32H,2-8,12,14-16H2,1H3,(H,29,30,33)/t20-,23+,26-/m0/s1. The van der Waals surface area contributed by atoms with E-state index in [1.807, 2.05) is 12.1 Å². The molecule has 4 fully saturated rings. The predicted octanol–water partition coefficient (Wildman–Crippen LogP) is 4.12. The number of piperidine rings is 1. The second-order valence-electron chi connectivity index (χ2n) is 11.2. The lowest BCUT2D eigenvalue weighted by atomic mass is 9.76. The highest BCUT2D eigenvalue weighted by Crippen LogP contribution is 2.45. The van der Waals surface area contributed by atoms with Gasteiger partial charge in [-0.15, -0.1) is 0 Å². The second-order valence-corrected chi connectivity index (χ2v) is 11.6. The Morgan fingerprint density at radius 3 is 2.66 bits per heavy atom. The molecule has 188 valence electrons. The van der Waals surface area contributed by atoms with Crippen LogP contribution < -0.4 is 5.32 Å². The van der Waals surface area contributed by atoms with Crippen LogP contribution in [0.2, 0.25) is 5.02 Å². The summed E-state index contributed by atoms with van der Waals surface area (Å²) in [6, 6.07) is 6.09. The molecule has 7 nitrogen and oxygen atoms in total. The number of fused-ring (bicyclic) bond motifs is 1. The van der Waals surface area contributed by atoms with Crippen molar-refractivity contribution in [2.24, 2.45) is 5.92 Å². The summed E-state index contributed by atoms with van der Waals surface area (Å²) in [6.45, 7) is 5.39. The molecule has 3 aliphatic heterocycles. The quantitative estimate of drug-likeness (QED) is 0.658. The minimum absolute atomic E-state index is 0.00578. The fourth-order valence-corrected chi connectivity index (χ4v) is 6.71. The van der Waals surface area contributed by atoms with Gasteiger partial charge in [-0.1, -0.05) is 11.6 Å². The third kappa shape index (κ3) is 4.25. The van der Waals surface area contributed by atoms with E-state index in [0.717, 1.165) is 66.6 Å². The fourth-order valence-electron chi connectivity index (χ4n) is 6.38. The smallest absolute Gasteiger partial charge is 0.231 e. The van der Waals surface area contributed by atoms with Crippen LogP contribution in [0.5, 0.6) is 0 Å². The first-order chi connectivity index (χ1) is 16.9. The number of benzene rings is 1. The number of nitrogens with one attached hydrogen (secondary N) is 1. The summed E-state index contributed by atoms with van der Waals surface area (Å²) in [5, 5.41) is 16.2. The van der Waals surface area contributed by atoms with E-state index >= 15 is 0 Å². The van der Waals surface area contributed by atoms with Crippen molar-refractivity contribution in [1.82, 2.24) is 9.88 Å². The van der Waals surface area contributed by atoms with Gasteiger partial charge >= 0.3 is 0 Å². The summed E-state index contributed by atoms with van der Waals surface area (Å²) in [7, 11) is 0. The van der Waals surface area contributed by atoms with Gasteiger partial charge < -0.3 is 19.9 Å². The van der Waals surface area contributed by atoms with Crippen molar-refractivity contribution in [1.29, 1.82) is 0 Å². The molecule has 4 aliphatic rings. The van der Waals surface area contributed by atoms with Crippen LogP contribution >= 0.6 is 11.6 Å². The van der Waals surface area contributed by atoms with Crippen molar-refractivity contribution in [2.45, 2.75) is 68.6 Å². The van der Waals surface area contributed by atoms with Crippen LogP contribution in [0.3, 0.4) is 0 Å². The number of hydrogen-bond donors (Lipinski definition) is 2. The number of pyridine rings is 1. The van der Waals surface area contributed by atoms with Crippen LogP contribution in [-0.4, -0.2) is 71.1 Å². The van der Waals surface area contributed by atoms with Gasteiger partial charge in [-0.05, 0) is 93.6 Å². The number of anilines is 1. The number of aliphatic hydroxyl groups is 1. The molecule has 0 radical (unpaired) electrons. The average Bonchev–Trinajstić information content (AvgIpc) is 3.44. The van der Waals surface area contributed by atoms with Crippen LogP contribution in [-0.2, 0) is 14.3 Å². The van der Waals surface area contributed by atoms with Crippen molar-refractivity contribution >= 4 is 34.1 Å². The maximum Gasteiger partial charge on any atom is 0.231 e. The van der Waals surface area contributed by atoms with Gasteiger partial charge in [-0.3, -0.25) is 9.69 Å². The number of aromatic nitrogens is 1. The number of amides is 1. The van der Waals surface area contributed by atoms with Gasteiger partial charge in [-0.25, -0.2) is 4.98 Å². The molecule has 3 saturated heterocycles. The molecular formula is C27H34ClN3O4. The van der Waals surface area contributed by atoms with Gasteiger partial charge in [0.25, 0.3) is 0 Å². The van der Waals surface area contributed by atoms with Crippen molar-refractivity contribution in [3.8, 4) is 0 Å². The molecule has 6 rings (SSSR count). The van der Waals surface area contributed by atoms with Gasteiger partial charge in [0.05, 0.1) is 43.0 Å². The lowest BCUT2D eigenvalue weighted by Gasteiger charge is -2.43. The predicted molar refractivity (Wildman–Crippen MR) is 135 cm³/mol. The normalized spacial score (nSPS) is 31.2. The number of ether oxygens (including phenoxy) is 2. The molecule has 0 bridgehead atoms. The van der Waals surface area contributed by atoms with Crippen molar-refractivity contribution in [3.05, 3.63) is 35.0 Å². The number of carbonyl (C=O) groups is 1. The van der Waals surface area contributed by atoms with Crippen LogP contribution in [0.25, 0.3) is 10.8 Å². The minimum Gasteiger partial charge on any atom is -0.389 e. The maximum absolute atomic E-state index is 12.9. The Morgan fingerprint density at radius 2 is 2.00 bits per heavy atom. The maximum atomic E-state index is 12.9. The highest BCUT2D eigenvalue weighted by atomic mass is 35.5. The zero-order chi connectivity index (χ0) is 24.2. The third-order valence-electron chi connectivity index (χ3n) is 8.98. The SMILES string of the molecule is C[C@]1(N2CCC(c3cc4cc(NC(=O)[C@@H]5COC6(CCC6)C5)ncc4cc3Cl)CC2)COC[C@H]1O. The Kier molecular flexibility index (Phi) is 6.05. The molecule has 1 amide bonds. The summed E-state index contributed by atoms with van der Waals surface area (Å²) in [5.74, 6) is 0.813. The Morgan fingerprint density at radius 1 is 1.20 bits per heavy atom. The lowest BCUT2D eigenvalue weighted by Crippen LogP contribution is -2.56. The molecule has 2 N–H and O–H groups in total. The molecule has 1 saturated carbocycles. The van der Waals surface area contributed by atoms with E-state index in [4.69, 9.17) is 21.1 Å². The number of nitrogens with zero attached hydrogens (tertiary/aromatic N) is 2. The summed E-state index contributed by atoms with van der Waals surface area (Å²) in [6.07, 6.45) is 7.44. The Labute approximate surface area is 211 Å². The molecule has 8 heteroatoms. The van der Waals surface area contributed by atoms with E-state index < -0.39 is 6.10 Å². The molecule has 1 aromatic heterocycles. The second kappa shape index (κ2) is 8.96. The van der Waals surface area contributed by atoms with E-state index in [1.54, 1.807) is 6.20 Å². The van der Waals surface area contributed by atoms with Gasteiger partial charge in [0.2, 0.25) is 5.91 Å². The van der Waals surface area contributed by atoms with Crippen molar-refractivity contribution in [2.75, 3.05) is 38.2 Å². The molecule has 1 spiro atoms. The minimum atomic E-state index is -0.445. The van der Waals surface area contributed by atoms with Gasteiger partial charge in [0.15, 0.2) is 0 Å². The summed E-state index contributed by atoms with van der Waals surface area (Å²) in [5.41, 5.74) is 0.798. The van der Waals surface area contributed by atoms with E-state index in [-0.39, 0.29) is 23.0 Å². The Hall–Kier alpha value is -1.77. The number of halogens is 1. The lowest BCUT2D eigenvalue weighted by molar-refractivity contribution is -0.119. The fraction of sp³-hybridized carbons (Fsp3) is 0.630. The van der Waals surface area contributed by atoms with Crippen LogP contribution in [0.15, 0.2) is 24.4 Å². The van der Waals surface area contributed by atoms with Crippen LogP contribution in [0.1, 0.15) is 56.9 Å². The number of carbonyl (C=O) groups excluding carboxylic acids is 1. The average molecular weight is 500 g/mol. The van der Waals surface area contributed by atoms with Crippen LogP contribution in [0, 0.1) is 5.92 Å². The molecule has 1 aromatic carbocycles. The number of likely N-dealkylation sites (tertiary alicyclic amines) is 1. The van der Waals surface area contributed by atoms with Crippen molar-refractivity contribution in [3.63, 3.8) is 0 Å². The van der Waals surface area contributed by atoms with E-state index in [9.17, 15) is 9.90 Å². The highest BCUT2D eigenvalue weighted by molar-refractivity contribution is 6.32. The molecule has 4 heterocycles. The molecule has 3 atom stereocenters. The van der Waals surface area contributed by atoms with Crippen LogP contribution in [0.4, 0.5) is 5.82 Å². The highest BCUT2D eigenvalue weighted by Gasteiger charge is 2.47. The number of rotatable bonds is 4. The molecule has 0 unspecified atom stereocenters. The van der Waals surface area contributed by atoms with E-state index in [1.165, 1.54) is 6.42 Å². The summed E-state index contributed by atoms with van der Waals surface area (Å²) < 4.78 is 11.5. The molecular weight excluding hydrogens is 466 g/mol. The number of hydrogen-bond acceptors (Lipinski definition) is 6. The molecule has 35 heavy (non-hydrogen) atoms. The molecule has 1 aliphatic carbocycles. The Bertz CT molecular complexity index is 1130. The Balaban J connectivity index is 1.15. The zero-order valence-corrected chi connectivity index (χ0v) is 21.0. The first-order valence-corrected chi connectivity index (χ1v) is 13.3. The molecule has 2 aromatic rings. The zero-order valence-electron chi connectivity index (χ0n) is 20.3. The summed E-state index contributed by atoms with van der Waals surface area (Å²) in [4.78, 5) is 19.7. The summed E-state index contributed by atoms with van der Waals surface area (Å²) >= 11 is 6.72. The van der Waals surface area contributed by atoms with Gasteiger partial charge in [-0.2, -0.15) is 0 Å². The topological polar surface area (TPSA) is 83.9 Å². The van der Waals surface area contributed by atoms with Crippen molar-refractivity contribution < 1.29 is 19.4 Å². The largest absolute Gasteiger partial charge is 0.389 e. The van der Waals surface area contributed by atoms with Gasteiger partial charge in [0.1, 0.15) is 5.82 Å². The first kappa shape index (κ1) is 23.6. The van der Waals surface area contributed by atoms with E-state index in [2.05, 4.69) is 28.2 Å². The van der Waals surface area contributed by atoms with Gasteiger partial charge in [0, 0.05) is 16.6 Å². The first-order valence-electron chi connectivity index (χ1n) is 12.9. The monoisotopic (exact) mass is 499 g/mol. The third-order valence-corrected chi connectivity index (χ3v) is 9.31.